The van der Waals surface area contributed by atoms with Crippen molar-refractivity contribution in [3.8, 4) is 0 Å². The van der Waals surface area contributed by atoms with Crippen molar-refractivity contribution in [2.45, 2.75) is 53.1 Å². The van der Waals surface area contributed by atoms with Crippen molar-refractivity contribution in [2.24, 2.45) is 16.7 Å². The number of allylic oxidation sites excluding steroid dienone is 5. The van der Waals surface area contributed by atoms with Gasteiger partial charge in [0.25, 0.3) is 0 Å². The molecule has 2 N–H and O–H groups in total. The van der Waals surface area contributed by atoms with Gasteiger partial charge >= 0.3 is 0 Å². The van der Waals surface area contributed by atoms with Crippen LogP contribution in [-0.4, -0.2) is 28.7 Å². The number of carbonyl (C=O) groups excluding carboxylic acids is 1. The molecule has 3 heteroatoms. The molecule has 1 fully saturated rings. The van der Waals surface area contributed by atoms with Crippen LogP contribution in [0.4, 0.5) is 0 Å². The molecule has 0 saturated heterocycles. The number of aliphatic hydroxyl groups excluding tert-OH is 2. The van der Waals surface area contributed by atoms with Crippen LogP contribution in [0.1, 0.15) is 47.0 Å². The second-order valence-corrected chi connectivity index (χ2v) is 7.56. The van der Waals surface area contributed by atoms with Crippen LogP contribution in [0.15, 0.2) is 35.5 Å². The fourth-order valence-electron chi connectivity index (χ4n) is 3.80. The Hall–Kier alpha value is -1.19. The third kappa shape index (κ3) is 2.50. The van der Waals surface area contributed by atoms with Crippen LogP contribution >= 0.6 is 0 Å². The molecule has 3 atom stereocenters. The first-order valence-electron chi connectivity index (χ1n) is 8.08. The first kappa shape index (κ1) is 17.2. The molecule has 0 bridgehead atoms. The predicted octanol–water partition coefficient (Wildman–Crippen LogP) is 3.18. The van der Waals surface area contributed by atoms with Gasteiger partial charge in [-0.25, -0.2) is 0 Å². The smallest absolute Gasteiger partial charge is 0.163 e. The molecule has 0 aliphatic heterocycles. The largest absolute Gasteiger partial charge is 0.396 e. The van der Waals surface area contributed by atoms with Gasteiger partial charge in [0.05, 0.1) is 12.7 Å². The van der Waals surface area contributed by atoms with E-state index in [1.807, 2.05) is 39.8 Å². The molecule has 2 rings (SSSR count). The molecule has 0 unspecified atom stereocenters. The van der Waals surface area contributed by atoms with Gasteiger partial charge in [-0.1, -0.05) is 45.9 Å². The summed E-state index contributed by atoms with van der Waals surface area (Å²) in [7, 11) is 0. The molecule has 0 amide bonds. The van der Waals surface area contributed by atoms with Crippen molar-refractivity contribution in [3.63, 3.8) is 0 Å². The van der Waals surface area contributed by atoms with Gasteiger partial charge in [-0.3, -0.25) is 4.79 Å². The summed E-state index contributed by atoms with van der Waals surface area (Å²) in [5.74, 6) is -0.295. The van der Waals surface area contributed by atoms with Gasteiger partial charge in [-0.2, -0.15) is 0 Å². The zero-order valence-electron chi connectivity index (χ0n) is 14.1. The quantitative estimate of drug-likeness (QED) is 0.842. The zero-order chi connectivity index (χ0) is 16.7. The highest BCUT2D eigenvalue weighted by Gasteiger charge is 2.49. The van der Waals surface area contributed by atoms with E-state index >= 15 is 0 Å². The van der Waals surface area contributed by atoms with Crippen LogP contribution in [0.3, 0.4) is 0 Å². The van der Waals surface area contributed by atoms with E-state index in [0.29, 0.717) is 6.42 Å². The Labute approximate surface area is 133 Å². The summed E-state index contributed by atoms with van der Waals surface area (Å²) in [4.78, 5) is 13.2. The van der Waals surface area contributed by atoms with E-state index in [1.165, 1.54) is 0 Å². The van der Waals surface area contributed by atoms with Crippen LogP contribution in [0, 0.1) is 16.7 Å². The van der Waals surface area contributed by atoms with E-state index in [1.54, 1.807) is 0 Å². The van der Waals surface area contributed by atoms with Crippen LogP contribution in [0.25, 0.3) is 0 Å². The van der Waals surface area contributed by atoms with Gasteiger partial charge in [-0.05, 0) is 30.9 Å². The standard InChI is InChI=1S/C19H28O3/c1-12-9-10-14(18(3,4)13(12)2)17(22)15-7-6-8-16(21)19(15,5)11-20/h9-10,15-16,20-21H,2,6-8,11H2,1,3-5H3/t15-,16-,19-/m0/s1. The van der Waals surface area contributed by atoms with E-state index in [0.717, 1.165) is 29.6 Å². The Morgan fingerprint density at radius 3 is 2.55 bits per heavy atom. The van der Waals surface area contributed by atoms with Gasteiger partial charge in [0.15, 0.2) is 5.78 Å². The van der Waals surface area contributed by atoms with Gasteiger partial charge in [0.1, 0.15) is 0 Å². The van der Waals surface area contributed by atoms with E-state index in [4.69, 9.17) is 0 Å². The summed E-state index contributed by atoms with van der Waals surface area (Å²) < 4.78 is 0. The Balaban J connectivity index is 2.40. The Bertz CT molecular complexity index is 553. The summed E-state index contributed by atoms with van der Waals surface area (Å²) in [5, 5.41) is 20.1. The van der Waals surface area contributed by atoms with Gasteiger partial charge < -0.3 is 10.2 Å². The topological polar surface area (TPSA) is 57.5 Å². The van der Waals surface area contributed by atoms with Crippen molar-refractivity contribution in [1.82, 2.24) is 0 Å². The molecule has 0 aromatic carbocycles. The monoisotopic (exact) mass is 304 g/mol. The summed E-state index contributed by atoms with van der Waals surface area (Å²) in [6.45, 7) is 11.8. The van der Waals surface area contributed by atoms with E-state index in [2.05, 4.69) is 6.58 Å². The van der Waals surface area contributed by atoms with Gasteiger partial charge in [0, 0.05) is 22.3 Å². The third-order valence-corrected chi connectivity index (χ3v) is 5.85. The maximum atomic E-state index is 13.2. The van der Waals surface area contributed by atoms with E-state index in [9.17, 15) is 15.0 Å². The Kier molecular flexibility index (Phi) is 4.51. The molecule has 122 valence electrons. The summed E-state index contributed by atoms with van der Waals surface area (Å²) in [5.41, 5.74) is 1.62. The van der Waals surface area contributed by atoms with Crippen LogP contribution in [-0.2, 0) is 4.79 Å². The lowest BCUT2D eigenvalue weighted by Gasteiger charge is -2.45. The van der Waals surface area contributed by atoms with Crippen molar-refractivity contribution in [1.29, 1.82) is 0 Å². The van der Waals surface area contributed by atoms with Crippen LogP contribution in [0.5, 0.6) is 0 Å². The molecule has 3 nitrogen and oxygen atoms in total. The first-order valence-corrected chi connectivity index (χ1v) is 8.08. The fourth-order valence-corrected chi connectivity index (χ4v) is 3.80. The minimum absolute atomic E-state index is 0.0465. The molecule has 0 aromatic rings. The SMILES string of the molecule is C=C1C(C)=CC=C(C(=O)[C@@H]2CCC[C@H](O)[C@@]2(C)CO)C1(C)C. The fraction of sp³-hybridized carbons (Fsp3) is 0.632. The molecule has 2 aliphatic carbocycles. The van der Waals surface area contributed by atoms with Crippen molar-refractivity contribution in [3.05, 3.63) is 35.5 Å². The lowest BCUT2D eigenvalue weighted by molar-refractivity contribution is -0.136. The average molecular weight is 304 g/mol. The maximum absolute atomic E-state index is 13.2. The molecule has 0 heterocycles. The van der Waals surface area contributed by atoms with Gasteiger partial charge in [-0.15, -0.1) is 0 Å². The molecule has 22 heavy (non-hydrogen) atoms. The first-order chi connectivity index (χ1) is 10.2. The number of hydrogen-bond acceptors (Lipinski definition) is 3. The highest BCUT2D eigenvalue weighted by atomic mass is 16.3. The summed E-state index contributed by atoms with van der Waals surface area (Å²) >= 11 is 0. The Morgan fingerprint density at radius 2 is 1.95 bits per heavy atom. The number of ketones is 1. The number of hydrogen-bond donors (Lipinski definition) is 2. The van der Waals surface area contributed by atoms with Crippen molar-refractivity contribution >= 4 is 5.78 Å². The van der Waals surface area contributed by atoms with Crippen LogP contribution < -0.4 is 0 Å². The van der Waals surface area contributed by atoms with E-state index < -0.39 is 16.9 Å². The molecule has 0 aromatic heterocycles. The minimum Gasteiger partial charge on any atom is -0.396 e. The maximum Gasteiger partial charge on any atom is 0.163 e. The molecule has 2 aliphatic rings. The summed E-state index contributed by atoms with van der Waals surface area (Å²) in [6, 6.07) is 0. The van der Waals surface area contributed by atoms with E-state index in [-0.39, 0.29) is 18.3 Å². The molecular formula is C19H28O3. The third-order valence-electron chi connectivity index (χ3n) is 5.85. The summed E-state index contributed by atoms with van der Waals surface area (Å²) in [6.07, 6.45) is 5.39. The highest BCUT2D eigenvalue weighted by molar-refractivity contribution is 6.00. The second-order valence-electron chi connectivity index (χ2n) is 7.56. The lowest BCUT2D eigenvalue weighted by atomic mass is 9.60. The molecular weight excluding hydrogens is 276 g/mol. The normalized spacial score (nSPS) is 34.9. The lowest BCUT2D eigenvalue weighted by Crippen LogP contribution is -2.49. The molecule has 0 radical (unpaired) electrons. The molecule has 0 spiro atoms. The second kappa shape index (κ2) is 5.78. The average Bonchev–Trinajstić information content (AvgIpc) is 2.47. The Morgan fingerprint density at radius 1 is 1.32 bits per heavy atom. The predicted molar refractivity (Wildman–Crippen MR) is 88.3 cm³/mol. The zero-order valence-corrected chi connectivity index (χ0v) is 14.1. The van der Waals surface area contributed by atoms with Gasteiger partial charge in [0.2, 0.25) is 0 Å². The molecule has 1 saturated carbocycles. The van der Waals surface area contributed by atoms with Crippen molar-refractivity contribution < 1.29 is 15.0 Å². The number of carbonyl (C=O) groups is 1. The minimum atomic E-state index is -0.760. The number of Topliss-reactive ketones (excluding diaryl/α,β-unsaturated/α-hetero) is 1. The number of aliphatic hydroxyl groups is 2. The van der Waals surface area contributed by atoms with Crippen LogP contribution in [0.2, 0.25) is 0 Å². The van der Waals surface area contributed by atoms with Crippen molar-refractivity contribution in [2.75, 3.05) is 6.61 Å². The number of rotatable bonds is 3. The highest BCUT2D eigenvalue weighted by Crippen LogP contribution is 2.47.